The van der Waals surface area contributed by atoms with Crippen LogP contribution >= 0.6 is 0 Å². The Hall–Kier alpha value is -1.27. The summed E-state index contributed by atoms with van der Waals surface area (Å²) in [7, 11) is -3.75. The molecule has 1 saturated carbocycles. The highest BCUT2D eigenvalue weighted by molar-refractivity contribution is 7.89. The minimum Gasteiger partial charge on any atom is -0.399 e. The van der Waals surface area contributed by atoms with Gasteiger partial charge in [0, 0.05) is 17.4 Å². The molecule has 1 aliphatic rings. The number of primary sulfonamides is 1. The molecule has 0 amide bonds. The third-order valence-corrected chi connectivity index (χ3v) is 4.89. The first-order valence-electron chi connectivity index (χ1n) is 7.00. The van der Waals surface area contributed by atoms with Gasteiger partial charge in [-0.2, -0.15) is 0 Å². The van der Waals surface area contributed by atoms with Crippen molar-refractivity contribution in [2.45, 2.75) is 50.5 Å². The first-order chi connectivity index (χ1) is 9.31. The van der Waals surface area contributed by atoms with Crippen LogP contribution in [0.3, 0.4) is 0 Å². The van der Waals surface area contributed by atoms with Gasteiger partial charge in [0.05, 0.1) is 4.90 Å². The zero-order valence-corrected chi connectivity index (χ0v) is 12.8. The Morgan fingerprint density at radius 3 is 2.55 bits per heavy atom. The van der Waals surface area contributed by atoms with Gasteiger partial charge in [-0.1, -0.05) is 19.8 Å². The maximum Gasteiger partial charge on any atom is 0.238 e. The van der Waals surface area contributed by atoms with Gasteiger partial charge in [0.2, 0.25) is 10.0 Å². The Morgan fingerprint density at radius 2 is 2.05 bits per heavy atom. The predicted octanol–water partition coefficient (Wildman–Crippen LogP) is 2.22. The van der Waals surface area contributed by atoms with Crippen molar-refractivity contribution in [3.63, 3.8) is 0 Å². The van der Waals surface area contributed by atoms with E-state index < -0.39 is 10.0 Å². The van der Waals surface area contributed by atoms with E-state index >= 15 is 0 Å². The summed E-state index contributed by atoms with van der Waals surface area (Å²) >= 11 is 0. The van der Waals surface area contributed by atoms with Crippen molar-refractivity contribution in [3.8, 4) is 0 Å². The summed E-state index contributed by atoms with van der Waals surface area (Å²) in [6.07, 6.45) is 4.72. The number of hydrogen-bond donors (Lipinski definition) is 3. The fourth-order valence-electron chi connectivity index (χ4n) is 2.46. The van der Waals surface area contributed by atoms with Crippen molar-refractivity contribution < 1.29 is 8.42 Å². The number of rotatable bonds is 6. The number of nitrogens with two attached hydrogens (primary N) is 2. The van der Waals surface area contributed by atoms with E-state index in [0.29, 0.717) is 17.3 Å². The van der Waals surface area contributed by atoms with Crippen molar-refractivity contribution in [1.29, 1.82) is 0 Å². The lowest BCUT2D eigenvalue weighted by molar-refractivity contribution is 0.585. The zero-order valence-electron chi connectivity index (χ0n) is 12.0. The van der Waals surface area contributed by atoms with Crippen LogP contribution < -0.4 is 16.2 Å². The van der Waals surface area contributed by atoms with Crippen molar-refractivity contribution in [1.82, 2.24) is 0 Å². The fourth-order valence-corrected chi connectivity index (χ4v) is 3.29. The van der Waals surface area contributed by atoms with Crippen molar-refractivity contribution >= 4 is 21.4 Å². The van der Waals surface area contributed by atoms with E-state index in [9.17, 15) is 8.42 Å². The van der Waals surface area contributed by atoms with Crippen LogP contribution in [0.2, 0.25) is 0 Å². The van der Waals surface area contributed by atoms with E-state index in [1.54, 1.807) is 13.0 Å². The van der Waals surface area contributed by atoms with Gasteiger partial charge in [0.1, 0.15) is 0 Å². The number of hydrogen-bond acceptors (Lipinski definition) is 4. The van der Waals surface area contributed by atoms with Crippen molar-refractivity contribution in [3.05, 3.63) is 17.7 Å². The number of anilines is 2. The molecule has 0 aliphatic heterocycles. The van der Waals surface area contributed by atoms with E-state index in [1.165, 1.54) is 18.9 Å². The molecule has 20 heavy (non-hydrogen) atoms. The molecule has 1 fully saturated rings. The molecule has 1 atom stereocenters. The summed E-state index contributed by atoms with van der Waals surface area (Å²) in [4.78, 5) is 0.0984. The lowest BCUT2D eigenvalue weighted by Crippen LogP contribution is -2.21. The summed E-state index contributed by atoms with van der Waals surface area (Å²) in [6.45, 7) is 3.88. The molecule has 1 aromatic carbocycles. The van der Waals surface area contributed by atoms with Crippen molar-refractivity contribution in [2.24, 2.45) is 11.1 Å². The molecule has 112 valence electrons. The molecule has 2 rings (SSSR count). The number of nitrogen functional groups attached to an aromatic ring is 1. The van der Waals surface area contributed by atoms with Crippen LogP contribution in [-0.2, 0) is 10.0 Å². The summed E-state index contributed by atoms with van der Waals surface area (Å²) in [5.41, 5.74) is 7.60. The van der Waals surface area contributed by atoms with Gasteiger partial charge < -0.3 is 11.1 Å². The average Bonchev–Trinajstić information content (AvgIpc) is 3.14. The molecule has 5 nitrogen and oxygen atoms in total. The second-order valence-electron chi connectivity index (χ2n) is 5.67. The Morgan fingerprint density at radius 1 is 1.40 bits per heavy atom. The summed E-state index contributed by atoms with van der Waals surface area (Å²) < 4.78 is 23.2. The van der Waals surface area contributed by atoms with Crippen LogP contribution in [-0.4, -0.2) is 14.5 Å². The highest BCUT2D eigenvalue weighted by Crippen LogP contribution is 2.35. The molecule has 0 heterocycles. The van der Waals surface area contributed by atoms with Gasteiger partial charge in [-0.15, -0.1) is 0 Å². The Bertz CT molecular complexity index is 595. The molecule has 1 aliphatic carbocycles. The molecule has 0 aromatic heterocycles. The Kier molecular flexibility index (Phi) is 4.25. The van der Waals surface area contributed by atoms with Gasteiger partial charge in [-0.25, -0.2) is 13.6 Å². The van der Waals surface area contributed by atoms with E-state index in [-0.39, 0.29) is 4.90 Å². The normalized spacial score (nSPS) is 16.9. The lowest BCUT2D eigenvalue weighted by Gasteiger charge is -2.21. The fraction of sp³-hybridized carbons (Fsp3) is 0.571. The second kappa shape index (κ2) is 5.61. The molecule has 1 aromatic rings. The minimum absolute atomic E-state index is 0.0984. The SMILES string of the molecule is CCC(CC1CC1)Nc1cc(N)cc(S(N)(=O)=O)c1C. The van der Waals surface area contributed by atoms with Crippen LogP contribution in [0.4, 0.5) is 11.4 Å². The molecule has 6 heteroatoms. The van der Waals surface area contributed by atoms with Crippen LogP contribution in [0, 0.1) is 12.8 Å². The second-order valence-corrected chi connectivity index (χ2v) is 7.20. The predicted molar refractivity (Wildman–Crippen MR) is 82.0 cm³/mol. The highest BCUT2D eigenvalue weighted by Gasteiger charge is 2.25. The summed E-state index contributed by atoms with van der Waals surface area (Å²) in [5, 5.41) is 8.66. The largest absolute Gasteiger partial charge is 0.399 e. The standard InChI is InChI=1S/C14H23N3O2S/c1-3-12(6-10-4-5-10)17-13-7-11(15)8-14(9(13)2)20(16,18)19/h7-8,10,12,17H,3-6,15H2,1-2H3,(H2,16,18,19). The molecule has 0 saturated heterocycles. The topological polar surface area (TPSA) is 98.2 Å². The van der Waals surface area contributed by atoms with E-state index in [4.69, 9.17) is 10.9 Å². The molecular weight excluding hydrogens is 274 g/mol. The molecule has 0 radical (unpaired) electrons. The third kappa shape index (κ3) is 3.64. The highest BCUT2D eigenvalue weighted by atomic mass is 32.2. The molecular formula is C14H23N3O2S. The van der Waals surface area contributed by atoms with Gasteiger partial charge in [-0.3, -0.25) is 0 Å². The van der Waals surface area contributed by atoms with E-state index in [0.717, 1.165) is 24.4 Å². The van der Waals surface area contributed by atoms with E-state index in [2.05, 4.69) is 12.2 Å². The maximum absolute atomic E-state index is 11.6. The zero-order chi connectivity index (χ0) is 14.9. The van der Waals surface area contributed by atoms with Gasteiger partial charge in [-0.05, 0) is 43.4 Å². The molecule has 0 bridgehead atoms. The first-order valence-corrected chi connectivity index (χ1v) is 8.55. The third-order valence-electron chi connectivity index (χ3n) is 3.86. The summed E-state index contributed by atoms with van der Waals surface area (Å²) in [5.74, 6) is 0.812. The van der Waals surface area contributed by atoms with Crippen LogP contribution in [0.15, 0.2) is 17.0 Å². The van der Waals surface area contributed by atoms with Crippen LogP contribution in [0.5, 0.6) is 0 Å². The van der Waals surface area contributed by atoms with Crippen LogP contribution in [0.1, 0.15) is 38.2 Å². The maximum atomic E-state index is 11.6. The summed E-state index contributed by atoms with van der Waals surface area (Å²) in [6, 6.07) is 3.54. The molecule has 0 spiro atoms. The van der Waals surface area contributed by atoms with Gasteiger partial charge in [0.15, 0.2) is 0 Å². The number of nitrogens with one attached hydrogen (secondary N) is 1. The van der Waals surface area contributed by atoms with Gasteiger partial charge in [0.25, 0.3) is 0 Å². The smallest absolute Gasteiger partial charge is 0.238 e. The van der Waals surface area contributed by atoms with E-state index in [1.807, 2.05) is 0 Å². The first kappa shape index (κ1) is 15.1. The number of benzene rings is 1. The monoisotopic (exact) mass is 297 g/mol. The van der Waals surface area contributed by atoms with Crippen LogP contribution in [0.25, 0.3) is 0 Å². The molecule has 5 N–H and O–H groups in total. The molecule has 1 unspecified atom stereocenters. The van der Waals surface area contributed by atoms with Crippen molar-refractivity contribution in [2.75, 3.05) is 11.1 Å². The quantitative estimate of drug-likeness (QED) is 0.701. The van der Waals surface area contributed by atoms with Gasteiger partial charge >= 0.3 is 0 Å². The lowest BCUT2D eigenvalue weighted by atomic mass is 10.1. The number of sulfonamides is 1. The Balaban J connectivity index is 2.28. The minimum atomic E-state index is -3.75. The average molecular weight is 297 g/mol. The Labute approximate surface area is 120 Å².